The van der Waals surface area contributed by atoms with Gasteiger partial charge >= 0.3 is 12.1 Å². The second kappa shape index (κ2) is 10.8. The number of hydrogen-bond donors (Lipinski definition) is 3. The fourth-order valence-corrected chi connectivity index (χ4v) is 3.17. The Bertz CT molecular complexity index is 1070. The summed E-state index contributed by atoms with van der Waals surface area (Å²) in [6.45, 7) is -0.0861. The molecule has 3 N–H and O–H groups in total. The maximum atomic E-state index is 12.7. The van der Waals surface area contributed by atoms with Crippen LogP contribution >= 0.6 is 0 Å². The lowest BCUT2D eigenvalue weighted by Gasteiger charge is -2.20. The smallest absolute Gasteiger partial charge is 0.412 e. The Hall–Kier alpha value is -3.84. The van der Waals surface area contributed by atoms with Crippen LogP contribution in [0.3, 0.4) is 0 Å². The number of benzene rings is 3. The van der Waals surface area contributed by atoms with E-state index in [9.17, 15) is 9.59 Å². The number of anilines is 1. The molecule has 0 aliphatic heterocycles. The van der Waals surface area contributed by atoms with E-state index in [4.69, 9.17) is 19.7 Å². The van der Waals surface area contributed by atoms with Crippen LogP contribution in [0.2, 0.25) is 0 Å². The summed E-state index contributed by atoms with van der Waals surface area (Å²) in [5.74, 6) is -0.646. The molecular weight excluding hydrogens is 398 g/mol. The Kier molecular flexibility index (Phi) is 7.61. The van der Waals surface area contributed by atoms with Crippen molar-refractivity contribution in [3.05, 3.63) is 84.4 Å². The van der Waals surface area contributed by atoms with Gasteiger partial charge in [-0.1, -0.05) is 60.7 Å². The number of ether oxygens (including phenoxy) is 2. The summed E-state index contributed by atoms with van der Waals surface area (Å²) in [5.41, 5.74) is 1.17. The Morgan fingerprint density at radius 2 is 1.74 bits per heavy atom. The highest BCUT2D eigenvalue weighted by molar-refractivity contribution is 6.00. The maximum Gasteiger partial charge on any atom is 0.412 e. The van der Waals surface area contributed by atoms with Crippen LogP contribution in [-0.2, 0) is 9.53 Å². The highest BCUT2D eigenvalue weighted by atomic mass is 16.6. The summed E-state index contributed by atoms with van der Waals surface area (Å²) >= 11 is 0. The molecule has 1 amide bonds. The first kappa shape index (κ1) is 21.9. The molecule has 0 unspecified atom stereocenters. The topological polar surface area (TPSA) is 105 Å². The van der Waals surface area contributed by atoms with Crippen LogP contribution in [0.1, 0.15) is 18.1 Å². The van der Waals surface area contributed by atoms with Crippen LogP contribution in [0, 0.1) is 0 Å². The van der Waals surface area contributed by atoms with Crippen LogP contribution in [0.4, 0.5) is 10.5 Å². The molecule has 0 heterocycles. The molecule has 0 spiro atoms. The first-order chi connectivity index (χ1) is 15.1. The van der Waals surface area contributed by atoms with Gasteiger partial charge in [-0.15, -0.1) is 0 Å². The highest BCUT2D eigenvalue weighted by Gasteiger charge is 2.20. The molecule has 0 aliphatic rings. The molecule has 3 rings (SSSR count). The van der Waals surface area contributed by atoms with Crippen molar-refractivity contribution in [2.24, 2.45) is 0 Å². The van der Waals surface area contributed by atoms with Gasteiger partial charge in [0, 0.05) is 23.4 Å². The number of aliphatic hydroxyl groups excluding tert-OH is 1. The third-order valence-electron chi connectivity index (χ3n) is 4.50. The van der Waals surface area contributed by atoms with E-state index < -0.39 is 18.2 Å². The molecule has 1 atom stereocenters. The van der Waals surface area contributed by atoms with Gasteiger partial charge in [-0.25, -0.2) is 9.59 Å². The lowest BCUT2D eigenvalue weighted by atomic mass is 10.0. The molecule has 7 nitrogen and oxygen atoms in total. The third-order valence-corrected chi connectivity index (χ3v) is 4.50. The number of carboxylic acids is 1. The number of fused-ring (bicyclic) bond motifs is 1. The number of aliphatic hydroxyl groups is 1. The average molecular weight is 421 g/mol. The molecule has 0 radical (unpaired) electrons. The monoisotopic (exact) mass is 421 g/mol. The minimum atomic E-state index is -1.09. The predicted molar refractivity (Wildman–Crippen MR) is 117 cm³/mol. The molecule has 0 saturated heterocycles. The van der Waals surface area contributed by atoms with E-state index in [1.54, 1.807) is 30.3 Å². The number of nitrogens with one attached hydrogen (secondary N) is 1. The molecule has 0 fully saturated rings. The Labute approximate surface area is 179 Å². The normalized spacial score (nSPS) is 11.9. The second-order valence-corrected chi connectivity index (χ2v) is 6.63. The largest absolute Gasteiger partial charge is 0.491 e. The summed E-state index contributed by atoms with van der Waals surface area (Å²) in [6.07, 6.45) is 1.08. The summed E-state index contributed by atoms with van der Waals surface area (Å²) < 4.78 is 11.2. The number of carbonyl (C=O) groups excluding carboxylic acids is 1. The van der Waals surface area contributed by atoms with E-state index in [1.165, 1.54) is 6.08 Å². The molecule has 0 saturated carbocycles. The number of hydrogen-bond acceptors (Lipinski definition) is 5. The summed E-state index contributed by atoms with van der Waals surface area (Å²) in [4.78, 5) is 23.6. The maximum absolute atomic E-state index is 12.7. The van der Waals surface area contributed by atoms with E-state index in [1.807, 2.05) is 36.4 Å². The highest BCUT2D eigenvalue weighted by Crippen LogP contribution is 2.31. The van der Waals surface area contributed by atoms with Crippen molar-refractivity contribution < 1.29 is 29.3 Å². The molecule has 0 bridgehead atoms. The van der Waals surface area contributed by atoms with Gasteiger partial charge in [-0.2, -0.15) is 0 Å². The quantitative estimate of drug-likeness (QED) is 0.439. The number of rotatable bonds is 9. The Morgan fingerprint density at radius 3 is 2.55 bits per heavy atom. The fourth-order valence-electron chi connectivity index (χ4n) is 3.17. The van der Waals surface area contributed by atoms with E-state index in [0.717, 1.165) is 16.8 Å². The van der Waals surface area contributed by atoms with Crippen molar-refractivity contribution in [1.29, 1.82) is 0 Å². The molecule has 0 aliphatic carbocycles. The first-order valence-electron chi connectivity index (χ1n) is 9.76. The minimum Gasteiger partial charge on any atom is -0.491 e. The lowest BCUT2D eigenvalue weighted by Crippen LogP contribution is -2.18. The lowest BCUT2D eigenvalue weighted by molar-refractivity contribution is -0.131. The van der Waals surface area contributed by atoms with Gasteiger partial charge in [-0.05, 0) is 17.5 Å². The van der Waals surface area contributed by atoms with Crippen LogP contribution < -0.4 is 10.1 Å². The molecule has 0 aromatic heterocycles. The van der Waals surface area contributed by atoms with Crippen LogP contribution in [-0.4, -0.2) is 35.5 Å². The molecule has 160 valence electrons. The average Bonchev–Trinajstić information content (AvgIpc) is 2.77. The van der Waals surface area contributed by atoms with Crippen molar-refractivity contribution >= 4 is 28.5 Å². The van der Waals surface area contributed by atoms with Gasteiger partial charge in [0.25, 0.3) is 0 Å². The fraction of sp³-hybridized carbons (Fsp3) is 0.167. The van der Waals surface area contributed by atoms with Gasteiger partial charge in [0.2, 0.25) is 0 Å². The second-order valence-electron chi connectivity index (χ2n) is 6.63. The van der Waals surface area contributed by atoms with E-state index in [-0.39, 0.29) is 19.6 Å². The standard InChI is InChI=1S/C24H23NO6/c26-15-16-30-21-12-4-3-10-19(21)22(13-6-14-23(27)28)31-24(29)25-20-11-5-8-17-7-1-2-9-18(17)20/h1-12,14,22,26H,13,15-16H2,(H,25,29)(H,27,28)/b14-6+/t22-/m1/s1. The molecule has 31 heavy (non-hydrogen) atoms. The van der Waals surface area contributed by atoms with Crippen molar-refractivity contribution in [2.75, 3.05) is 18.5 Å². The number of carbonyl (C=O) groups is 2. The Balaban J connectivity index is 1.83. The van der Waals surface area contributed by atoms with Crippen molar-refractivity contribution in [1.82, 2.24) is 0 Å². The van der Waals surface area contributed by atoms with Gasteiger partial charge in [-0.3, -0.25) is 5.32 Å². The van der Waals surface area contributed by atoms with Crippen LogP contribution in [0.15, 0.2) is 78.9 Å². The summed E-state index contributed by atoms with van der Waals surface area (Å²) in [6, 6.07) is 20.2. The van der Waals surface area contributed by atoms with E-state index in [2.05, 4.69) is 5.32 Å². The molecule has 3 aromatic carbocycles. The van der Waals surface area contributed by atoms with Gasteiger partial charge in [0.05, 0.1) is 12.3 Å². The zero-order chi connectivity index (χ0) is 22.1. The Morgan fingerprint density at radius 1 is 1.00 bits per heavy atom. The van der Waals surface area contributed by atoms with Crippen molar-refractivity contribution in [3.63, 3.8) is 0 Å². The van der Waals surface area contributed by atoms with Crippen LogP contribution in [0.25, 0.3) is 10.8 Å². The van der Waals surface area contributed by atoms with Crippen molar-refractivity contribution in [2.45, 2.75) is 12.5 Å². The number of carboxylic acid groups (broad SMARTS) is 1. The number of amides is 1. The molecular formula is C24H23NO6. The van der Waals surface area contributed by atoms with E-state index >= 15 is 0 Å². The number of aliphatic carboxylic acids is 1. The first-order valence-corrected chi connectivity index (χ1v) is 9.76. The summed E-state index contributed by atoms with van der Waals surface area (Å²) in [7, 11) is 0. The SMILES string of the molecule is O=C(O)/C=C/C[C@@H](OC(=O)Nc1cccc2ccccc12)c1ccccc1OCCO. The van der Waals surface area contributed by atoms with Crippen LogP contribution in [0.5, 0.6) is 5.75 Å². The summed E-state index contributed by atoms with van der Waals surface area (Å²) in [5, 5.41) is 22.6. The van der Waals surface area contributed by atoms with Crippen molar-refractivity contribution in [3.8, 4) is 5.75 Å². The number of para-hydroxylation sites is 1. The van der Waals surface area contributed by atoms with E-state index in [0.29, 0.717) is 17.0 Å². The minimum absolute atomic E-state index is 0.0803. The third kappa shape index (κ3) is 6.07. The van der Waals surface area contributed by atoms with Gasteiger partial charge in [0.1, 0.15) is 18.5 Å². The zero-order valence-electron chi connectivity index (χ0n) is 16.7. The van der Waals surface area contributed by atoms with Gasteiger partial charge in [0.15, 0.2) is 0 Å². The molecule has 7 heteroatoms. The predicted octanol–water partition coefficient (Wildman–Crippen LogP) is 4.53. The molecule has 3 aromatic rings. The van der Waals surface area contributed by atoms with Gasteiger partial charge < -0.3 is 19.7 Å². The zero-order valence-corrected chi connectivity index (χ0v) is 16.7.